The minimum atomic E-state index is -0.337. The van der Waals surface area contributed by atoms with Crippen LogP contribution in [-0.2, 0) is 4.79 Å². The molecule has 0 aliphatic carbocycles. The number of hydrogen-bond donors (Lipinski definition) is 2. The highest BCUT2D eigenvalue weighted by molar-refractivity contribution is 6.03. The molecule has 0 unspecified atom stereocenters. The number of amides is 3. The maximum atomic E-state index is 13.4. The van der Waals surface area contributed by atoms with E-state index in [0.717, 1.165) is 38.8 Å². The normalized spacial score (nSPS) is 10.8. The van der Waals surface area contributed by atoms with Gasteiger partial charge in [-0.25, -0.2) is 9.48 Å². The third-order valence-corrected chi connectivity index (χ3v) is 6.76. The van der Waals surface area contributed by atoms with E-state index >= 15 is 0 Å². The van der Waals surface area contributed by atoms with Crippen molar-refractivity contribution < 1.29 is 9.59 Å². The number of nitrogens with zero attached hydrogens (tertiary/aromatic N) is 3. The van der Waals surface area contributed by atoms with Crippen LogP contribution in [0.3, 0.4) is 0 Å². The number of likely N-dealkylation sites (N-methyl/N-ethyl adjacent to an activating group) is 1. The predicted octanol–water partition coefficient (Wildman–Crippen LogP) is 6.80. The summed E-state index contributed by atoms with van der Waals surface area (Å²) in [6.07, 6.45) is 0. The van der Waals surface area contributed by atoms with Gasteiger partial charge in [0.05, 0.1) is 17.1 Å². The number of urea groups is 1. The topological polar surface area (TPSA) is 79.3 Å². The molecule has 0 fully saturated rings. The minimum Gasteiger partial charge on any atom is -0.315 e. The summed E-state index contributed by atoms with van der Waals surface area (Å²) in [4.78, 5) is 28.1. The first-order chi connectivity index (χ1) is 19.0. The zero-order valence-corrected chi connectivity index (χ0v) is 22.3. The van der Waals surface area contributed by atoms with E-state index in [1.165, 1.54) is 4.90 Å². The number of benzene rings is 4. The van der Waals surface area contributed by atoms with E-state index in [1.807, 2.05) is 118 Å². The summed E-state index contributed by atoms with van der Waals surface area (Å²) in [5.74, 6) is 0.264. The zero-order valence-electron chi connectivity index (χ0n) is 22.3. The maximum Gasteiger partial charge on any atom is 0.322 e. The molecule has 0 spiro atoms. The van der Waals surface area contributed by atoms with Crippen LogP contribution in [0.2, 0.25) is 0 Å². The van der Waals surface area contributed by atoms with Gasteiger partial charge in [0.15, 0.2) is 0 Å². The number of nitrogens with one attached hydrogen (secondary N) is 2. The maximum absolute atomic E-state index is 13.4. The van der Waals surface area contributed by atoms with Crippen LogP contribution < -0.4 is 10.6 Å². The molecule has 0 radical (unpaired) electrons. The highest BCUT2D eigenvalue weighted by Gasteiger charge is 2.23. The summed E-state index contributed by atoms with van der Waals surface area (Å²) in [6, 6.07) is 31.1. The number of aromatic nitrogens is 2. The molecule has 7 heteroatoms. The monoisotopic (exact) mass is 517 g/mol. The number of anilines is 2. The van der Waals surface area contributed by atoms with Gasteiger partial charge in [-0.3, -0.25) is 4.79 Å². The Balaban J connectivity index is 1.42. The fraction of sp³-hybridized carbons (Fsp3) is 0.156. The Kier molecular flexibility index (Phi) is 7.41. The van der Waals surface area contributed by atoms with E-state index in [-0.39, 0.29) is 18.5 Å². The molecule has 196 valence electrons. The molecule has 0 aliphatic heterocycles. The second-order valence-corrected chi connectivity index (χ2v) is 9.39. The molecule has 4 aromatic carbocycles. The Hall–Kier alpha value is -4.91. The molecule has 1 heterocycles. The van der Waals surface area contributed by atoms with Crippen LogP contribution in [0.15, 0.2) is 97.1 Å². The number of rotatable bonds is 7. The van der Waals surface area contributed by atoms with Gasteiger partial charge in [-0.2, -0.15) is 5.10 Å². The van der Waals surface area contributed by atoms with E-state index < -0.39 is 0 Å². The summed E-state index contributed by atoms with van der Waals surface area (Å²) in [6.45, 7) is 6.05. The number of hydrogen-bond acceptors (Lipinski definition) is 3. The first kappa shape index (κ1) is 25.7. The highest BCUT2D eigenvalue weighted by Crippen LogP contribution is 2.34. The van der Waals surface area contributed by atoms with Crippen molar-refractivity contribution in [1.29, 1.82) is 0 Å². The van der Waals surface area contributed by atoms with Crippen molar-refractivity contribution in [3.63, 3.8) is 0 Å². The molecular weight excluding hydrogens is 486 g/mol. The number of para-hydroxylation sites is 1. The van der Waals surface area contributed by atoms with Crippen molar-refractivity contribution in [3.8, 4) is 16.8 Å². The Bertz CT molecular complexity index is 1640. The van der Waals surface area contributed by atoms with Crippen molar-refractivity contribution in [2.75, 3.05) is 23.7 Å². The standard InChI is InChI=1S/C32H31N5O2/c1-4-36(32(39)33-27-19-12-17-24-14-9-10-18-26(24)27)21-29(38)34-31-30(25-15-6-5-7-16-25)23(3)35-37(31)28-20-11-8-13-22(28)2/h5-20H,4,21H2,1-3H3,(H,33,39)(H,34,38). The van der Waals surface area contributed by atoms with Crippen molar-refractivity contribution >= 4 is 34.2 Å². The number of aryl methyl sites for hydroxylation is 2. The van der Waals surface area contributed by atoms with Crippen molar-refractivity contribution in [3.05, 3.63) is 108 Å². The van der Waals surface area contributed by atoms with Gasteiger partial charge >= 0.3 is 6.03 Å². The molecule has 2 N–H and O–H groups in total. The van der Waals surface area contributed by atoms with Gasteiger partial charge in [0.25, 0.3) is 0 Å². The second kappa shape index (κ2) is 11.2. The smallest absolute Gasteiger partial charge is 0.315 e. The van der Waals surface area contributed by atoms with Gasteiger partial charge in [-0.1, -0.05) is 84.9 Å². The molecule has 0 atom stereocenters. The molecule has 7 nitrogen and oxygen atoms in total. The van der Waals surface area contributed by atoms with Gasteiger partial charge in [0.1, 0.15) is 12.4 Å². The molecular formula is C32H31N5O2. The van der Waals surface area contributed by atoms with Crippen molar-refractivity contribution in [1.82, 2.24) is 14.7 Å². The molecule has 0 saturated carbocycles. The fourth-order valence-corrected chi connectivity index (χ4v) is 4.77. The van der Waals surface area contributed by atoms with Gasteiger partial charge in [-0.15, -0.1) is 0 Å². The van der Waals surface area contributed by atoms with E-state index in [0.29, 0.717) is 18.1 Å². The van der Waals surface area contributed by atoms with Crippen molar-refractivity contribution in [2.24, 2.45) is 0 Å². The number of fused-ring (bicyclic) bond motifs is 1. The summed E-state index contributed by atoms with van der Waals surface area (Å²) in [5.41, 5.74) is 5.19. The first-order valence-electron chi connectivity index (χ1n) is 13.0. The van der Waals surface area contributed by atoms with Crippen LogP contribution >= 0.6 is 0 Å². The van der Waals surface area contributed by atoms with Crippen LogP contribution in [0.5, 0.6) is 0 Å². The SMILES string of the molecule is CCN(CC(=O)Nc1c(-c2ccccc2)c(C)nn1-c1ccccc1C)C(=O)Nc1cccc2ccccc12. The van der Waals surface area contributed by atoms with Gasteiger partial charge in [0, 0.05) is 17.5 Å². The van der Waals surface area contributed by atoms with Crippen molar-refractivity contribution in [2.45, 2.75) is 20.8 Å². The van der Waals surface area contributed by atoms with Gasteiger partial charge in [0.2, 0.25) is 5.91 Å². The van der Waals surface area contributed by atoms with E-state index in [1.54, 1.807) is 4.68 Å². The van der Waals surface area contributed by atoms with Crippen LogP contribution in [0.1, 0.15) is 18.2 Å². The second-order valence-electron chi connectivity index (χ2n) is 9.39. The Morgan fingerprint density at radius 3 is 2.28 bits per heavy atom. The molecule has 5 rings (SSSR count). The third kappa shape index (κ3) is 5.38. The number of carbonyl (C=O) groups is 2. The lowest BCUT2D eigenvalue weighted by atomic mass is 10.1. The molecule has 39 heavy (non-hydrogen) atoms. The predicted molar refractivity (Wildman–Crippen MR) is 157 cm³/mol. The molecule has 1 aromatic heterocycles. The van der Waals surface area contributed by atoms with E-state index in [9.17, 15) is 9.59 Å². The number of carbonyl (C=O) groups excluding carboxylic acids is 2. The summed E-state index contributed by atoms with van der Waals surface area (Å²) >= 11 is 0. The molecule has 3 amide bonds. The van der Waals surface area contributed by atoms with Gasteiger partial charge < -0.3 is 15.5 Å². The third-order valence-electron chi connectivity index (χ3n) is 6.76. The Morgan fingerprint density at radius 2 is 1.51 bits per heavy atom. The minimum absolute atomic E-state index is 0.112. The lowest BCUT2D eigenvalue weighted by molar-refractivity contribution is -0.116. The largest absolute Gasteiger partial charge is 0.322 e. The summed E-state index contributed by atoms with van der Waals surface area (Å²) < 4.78 is 1.78. The average Bonchev–Trinajstić information content (AvgIpc) is 3.27. The Labute approximate surface area is 228 Å². The quantitative estimate of drug-likeness (QED) is 0.249. The zero-order chi connectivity index (χ0) is 27.4. The molecule has 0 aliphatic rings. The fourth-order valence-electron chi connectivity index (χ4n) is 4.77. The first-order valence-corrected chi connectivity index (χ1v) is 13.0. The molecule has 0 saturated heterocycles. The van der Waals surface area contributed by atoms with Crippen LogP contribution in [0.4, 0.5) is 16.3 Å². The summed E-state index contributed by atoms with van der Waals surface area (Å²) in [7, 11) is 0. The van der Waals surface area contributed by atoms with E-state index in [2.05, 4.69) is 10.6 Å². The van der Waals surface area contributed by atoms with E-state index in [4.69, 9.17) is 5.10 Å². The average molecular weight is 518 g/mol. The molecule has 0 bridgehead atoms. The van der Waals surface area contributed by atoms with Crippen LogP contribution in [0.25, 0.3) is 27.6 Å². The van der Waals surface area contributed by atoms with Crippen LogP contribution in [-0.4, -0.2) is 39.7 Å². The van der Waals surface area contributed by atoms with Gasteiger partial charge in [-0.05, 0) is 49.4 Å². The van der Waals surface area contributed by atoms with Crippen LogP contribution in [0, 0.1) is 13.8 Å². The molecule has 5 aromatic rings. The highest BCUT2D eigenvalue weighted by atomic mass is 16.2. The summed E-state index contributed by atoms with van der Waals surface area (Å²) in [5, 5.41) is 12.8. The lowest BCUT2D eigenvalue weighted by Gasteiger charge is -2.22. The Morgan fingerprint density at radius 1 is 0.821 bits per heavy atom. The lowest BCUT2D eigenvalue weighted by Crippen LogP contribution is -2.40.